The number of carbonyl (C=O) groups excluding carboxylic acids is 1. The maximum Gasteiger partial charge on any atom is 0.255 e. The summed E-state index contributed by atoms with van der Waals surface area (Å²) in [6.45, 7) is 2.62. The second kappa shape index (κ2) is 8.14. The Morgan fingerprint density at radius 3 is 2.86 bits per heavy atom. The first-order valence-electron chi connectivity index (χ1n) is 7.26. The number of amides is 1. The van der Waals surface area contributed by atoms with Crippen molar-refractivity contribution >= 4 is 5.91 Å². The molecule has 22 heavy (non-hydrogen) atoms. The van der Waals surface area contributed by atoms with E-state index >= 15 is 0 Å². The molecule has 1 aromatic heterocycles. The molecule has 1 unspecified atom stereocenters. The predicted octanol–water partition coefficient (Wildman–Crippen LogP) is 2.62. The fourth-order valence-corrected chi connectivity index (χ4v) is 1.96. The van der Waals surface area contributed by atoms with Crippen LogP contribution in [0.25, 0.3) is 0 Å². The maximum absolute atomic E-state index is 12.3. The van der Waals surface area contributed by atoms with Crippen LogP contribution >= 0.6 is 0 Å². The predicted molar refractivity (Wildman–Crippen MR) is 84.0 cm³/mol. The highest BCUT2D eigenvalue weighted by molar-refractivity contribution is 5.97. The van der Waals surface area contributed by atoms with Crippen molar-refractivity contribution in [2.45, 2.75) is 13.3 Å². The molecule has 1 aromatic carbocycles. The lowest BCUT2D eigenvalue weighted by Crippen LogP contribution is -2.28. The van der Waals surface area contributed by atoms with E-state index in [0.717, 1.165) is 0 Å². The van der Waals surface area contributed by atoms with Crippen molar-refractivity contribution in [1.29, 1.82) is 0 Å². The Balaban J connectivity index is 2.06. The Labute approximate surface area is 130 Å². The summed E-state index contributed by atoms with van der Waals surface area (Å²) in [5, 5.41) is 11.8. The summed E-state index contributed by atoms with van der Waals surface area (Å²) in [5.74, 6) is 1.10. The second-order valence-corrected chi connectivity index (χ2v) is 5.11. The molecule has 0 saturated carbocycles. The van der Waals surface area contributed by atoms with E-state index in [1.165, 1.54) is 0 Å². The molecule has 2 N–H and O–H groups in total. The van der Waals surface area contributed by atoms with E-state index in [0.29, 0.717) is 30.0 Å². The van der Waals surface area contributed by atoms with Crippen LogP contribution in [0.5, 0.6) is 11.5 Å². The Morgan fingerprint density at radius 1 is 1.32 bits per heavy atom. The molecule has 0 fully saturated rings. The molecule has 0 aliphatic carbocycles. The Morgan fingerprint density at radius 2 is 2.14 bits per heavy atom. The monoisotopic (exact) mass is 300 g/mol. The van der Waals surface area contributed by atoms with Crippen molar-refractivity contribution in [2.24, 2.45) is 5.92 Å². The van der Waals surface area contributed by atoms with Gasteiger partial charge in [-0.2, -0.15) is 0 Å². The van der Waals surface area contributed by atoms with Gasteiger partial charge in [0, 0.05) is 19.3 Å². The molecule has 1 heterocycles. The van der Waals surface area contributed by atoms with Crippen LogP contribution in [0.1, 0.15) is 23.7 Å². The zero-order valence-corrected chi connectivity index (χ0v) is 12.5. The Kier molecular flexibility index (Phi) is 5.91. The minimum atomic E-state index is -0.190. The van der Waals surface area contributed by atoms with Gasteiger partial charge in [-0.1, -0.05) is 19.1 Å². The molecule has 5 nitrogen and oxygen atoms in total. The van der Waals surface area contributed by atoms with Crippen molar-refractivity contribution in [2.75, 3.05) is 13.2 Å². The number of rotatable bonds is 7. The Hall–Kier alpha value is -2.40. The molecule has 5 heteroatoms. The molecule has 1 amide bonds. The molecule has 2 rings (SSSR count). The van der Waals surface area contributed by atoms with Gasteiger partial charge in [0.25, 0.3) is 5.91 Å². The van der Waals surface area contributed by atoms with E-state index in [4.69, 9.17) is 9.84 Å². The van der Waals surface area contributed by atoms with Gasteiger partial charge in [0.15, 0.2) is 0 Å². The molecule has 0 spiro atoms. The fourth-order valence-electron chi connectivity index (χ4n) is 1.96. The number of para-hydroxylation sites is 1. The van der Waals surface area contributed by atoms with Gasteiger partial charge in [-0.05, 0) is 36.6 Å². The molecule has 0 saturated heterocycles. The Bertz CT molecular complexity index is 602. The lowest BCUT2D eigenvalue weighted by Gasteiger charge is -2.13. The number of aliphatic hydroxyl groups is 1. The molecular weight excluding hydrogens is 280 g/mol. The number of nitrogens with one attached hydrogen (secondary N) is 1. The third-order valence-corrected chi connectivity index (χ3v) is 3.23. The number of aliphatic hydroxyl groups excluding tert-OH is 1. The van der Waals surface area contributed by atoms with Crippen molar-refractivity contribution < 1.29 is 14.6 Å². The van der Waals surface area contributed by atoms with Gasteiger partial charge < -0.3 is 15.2 Å². The van der Waals surface area contributed by atoms with E-state index in [-0.39, 0.29) is 18.4 Å². The summed E-state index contributed by atoms with van der Waals surface area (Å²) in [6, 6.07) is 10.6. The van der Waals surface area contributed by atoms with Crippen molar-refractivity contribution in [1.82, 2.24) is 10.3 Å². The average Bonchev–Trinajstić information content (AvgIpc) is 2.54. The lowest BCUT2D eigenvalue weighted by molar-refractivity contribution is 0.0943. The zero-order chi connectivity index (χ0) is 15.8. The molecule has 0 radical (unpaired) electrons. The van der Waals surface area contributed by atoms with Crippen LogP contribution < -0.4 is 10.1 Å². The molecule has 116 valence electrons. The molecule has 1 atom stereocenters. The molecule has 0 bridgehead atoms. The van der Waals surface area contributed by atoms with Gasteiger partial charge >= 0.3 is 0 Å². The van der Waals surface area contributed by atoms with Crippen LogP contribution in [0.2, 0.25) is 0 Å². The summed E-state index contributed by atoms with van der Waals surface area (Å²) < 4.78 is 5.72. The normalized spacial score (nSPS) is 11.7. The van der Waals surface area contributed by atoms with Crippen LogP contribution in [-0.2, 0) is 0 Å². The summed E-state index contributed by atoms with van der Waals surface area (Å²) in [4.78, 5) is 16.3. The van der Waals surface area contributed by atoms with Crippen molar-refractivity contribution in [3.05, 3.63) is 54.4 Å². The van der Waals surface area contributed by atoms with Gasteiger partial charge in [0.05, 0.1) is 11.8 Å². The number of nitrogens with zero attached hydrogens (tertiary/aromatic N) is 1. The van der Waals surface area contributed by atoms with E-state index in [1.54, 1.807) is 42.7 Å². The first-order chi connectivity index (χ1) is 10.7. The van der Waals surface area contributed by atoms with Crippen LogP contribution in [-0.4, -0.2) is 29.1 Å². The minimum Gasteiger partial charge on any atom is -0.455 e. The van der Waals surface area contributed by atoms with E-state index < -0.39 is 0 Å². The third-order valence-electron chi connectivity index (χ3n) is 3.23. The summed E-state index contributed by atoms with van der Waals surface area (Å²) >= 11 is 0. The van der Waals surface area contributed by atoms with Crippen molar-refractivity contribution in [3.63, 3.8) is 0 Å². The van der Waals surface area contributed by atoms with Gasteiger partial charge in [0.1, 0.15) is 11.5 Å². The summed E-state index contributed by atoms with van der Waals surface area (Å²) in [6.07, 6.45) is 3.92. The third kappa shape index (κ3) is 4.56. The van der Waals surface area contributed by atoms with E-state index in [2.05, 4.69) is 10.3 Å². The highest BCUT2D eigenvalue weighted by Gasteiger charge is 2.13. The lowest BCUT2D eigenvalue weighted by atomic mass is 10.1. The van der Waals surface area contributed by atoms with E-state index in [1.807, 2.05) is 13.0 Å². The van der Waals surface area contributed by atoms with Crippen molar-refractivity contribution in [3.8, 4) is 11.5 Å². The summed E-state index contributed by atoms with van der Waals surface area (Å²) in [5.41, 5.74) is 0.475. The molecule has 0 aliphatic heterocycles. The highest BCUT2D eigenvalue weighted by Crippen LogP contribution is 2.24. The van der Waals surface area contributed by atoms with E-state index in [9.17, 15) is 4.79 Å². The smallest absolute Gasteiger partial charge is 0.255 e. The average molecular weight is 300 g/mol. The zero-order valence-electron chi connectivity index (χ0n) is 12.5. The van der Waals surface area contributed by atoms with Crippen LogP contribution in [0.15, 0.2) is 48.8 Å². The largest absolute Gasteiger partial charge is 0.455 e. The quantitative estimate of drug-likeness (QED) is 0.824. The number of benzene rings is 1. The first-order valence-corrected chi connectivity index (χ1v) is 7.26. The van der Waals surface area contributed by atoms with Gasteiger partial charge in [-0.3, -0.25) is 9.78 Å². The minimum absolute atomic E-state index is 0.123. The molecular formula is C17H20N2O3. The number of hydrogen-bond acceptors (Lipinski definition) is 4. The summed E-state index contributed by atoms with van der Waals surface area (Å²) in [7, 11) is 0. The number of ether oxygens (including phenoxy) is 1. The number of hydrogen-bond donors (Lipinski definition) is 2. The fraction of sp³-hybridized carbons (Fsp3) is 0.294. The van der Waals surface area contributed by atoms with Crippen LogP contribution in [0, 0.1) is 5.92 Å². The topological polar surface area (TPSA) is 71.5 Å². The number of pyridine rings is 1. The maximum atomic E-state index is 12.3. The van der Waals surface area contributed by atoms with Gasteiger partial charge in [-0.25, -0.2) is 0 Å². The second-order valence-electron chi connectivity index (χ2n) is 5.11. The van der Waals surface area contributed by atoms with Crippen LogP contribution in [0.3, 0.4) is 0 Å². The standard InChI is InChI=1S/C17H20N2O3/c1-13(8-10-20)11-19-17(21)15-6-2-3-7-16(15)22-14-5-4-9-18-12-14/h2-7,9,12-13,20H,8,10-11H2,1H3,(H,19,21). The van der Waals surface area contributed by atoms with Gasteiger partial charge in [-0.15, -0.1) is 0 Å². The first kappa shape index (κ1) is 16.0. The number of carbonyl (C=O) groups is 1. The van der Waals surface area contributed by atoms with Crippen LogP contribution in [0.4, 0.5) is 0 Å². The van der Waals surface area contributed by atoms with Gasteiger partial charge in [0.2, 0.25) is 0 Å². The number of aromatic nitrogens is 1. The highest BCUT2D eigenvalue weighted by atomic mass is 16.5. The SMILES string of the molecule is CC(CCO)CNC(=O)c1ccccc1Oc1cccnc1. The molecule has 0 aliphatic rings. The molecule has 2 aromatic rings.